The first-order valence-electron chi connectivity index (χ1n) is 4.78. The first-order chi connectivity index (χ1) is 7.61. The first-order valence-corrected chi connectivity index (χ1v) is 7.32. The minimum atomic E-state index is -3.31. The minimum Gasteiger partial charge on any atom is -0.329 e. The molecule has 2 aromatic rings. The third-order valence-corrected chi connectivity index (χ3v) is 4.33. The van der Waals surface area contributed by atoms with Crippen molar-refractivity contribution in [1.82, 2.24) is 0 Å². The van der Waals surface area contributed by atoms with Crippen molar-refractivity contribution in [2.24, 2.45) is 5.73 Å². The van der Waals surface area contributed by atoms with Crippen LogP contribution in [0.5, 0.6) is 0 Å². The Kier molecular flexibility index (Phi) is 3.13. The van der Waals surface area contributed by atoms with Crippen LogP contribution in [0.1, 0.15) is 0 Å². The summed E-state index contributed by atoms with van der Waals surface area (Å²) in [6.07, 6.45) is 0. The lowest BCUT2D eigenvalue weighted by molar-refractivity contribution is 0.601. The number of anilines is 1. The van der Waals surface area contributed by atoms with Gasteiger partial charge in [-0.15, -0.1) is 11.3 Å². The van der Waals surface area contributed by atoms with E-state index >= 15 is 0 Å². The third kappa shape index (κ3) is 2.52. The number of sulfonamides is 1. The van der Waals surface area contributed by atoms with Crippen LogP contribution in [0.15, 0.2) is 29.6 Å². The van der Waals surface area contributed by atoms with E-state index in [1.165, 1.54) is 0 Å². The summed E-state index contributed by atoms with van der Waals surface area (Å²) in [6, 6.07) is 7.44. The summed E-state index contributed by atoms with van der Waals surface area (Å²) in [4.78, 5) is 0. The maximum absolute atomic E-state index is 11.5. The van der Waals surface area contributed by atoms with Crippen LogP contribution >= 0.6 is 11.3 Å². The fraction of sp³-hybridized carbons (Fsp3) is 0.200. The van der Waals surface area contributed by atoms with E-state index in [2.05, 4.69) is 4.72 Å². The molecule has 2 rings (SSSR count). The molecular weight excluding hydrogens is 244 g/mol. The van der Waals surface area contributed by atoms with Crippen LogP contribution in [-0.4, -0.2) is 20.7 Å². The monoisotopic (exact) mass is 256 g/mol. The van der Waals surface area contributed by atoms with E-state index in [1.807, 2.05) is 23.6 Å². The van der Waals surface area contributed by atoms with Gasteiger partial charge in [-0.1, -0.05) is 0 Å². The van der Waals surface area contributed by atoms with E-state index < -0.39 is 10.0 Å². The van der Waals surface area contributed by atoms with Gasteiger partial charge in [0.05, 0.1) is 5.75 Å². The Balaban J connectivity index is 2.27. The molecule has 0 aliphatic heterocycles. The van der Waals surface area contributed by atoms with Crippen LogP contribution in [-0.2, 0) is 10.0 Å². The quantitative estimate of drug-likeness (QED) is 0.872. The molecule has 0 radical (unpaired) electrons. The summed E-state index contributed by atoms with van der Waals surface area (Å²) in [5, 5.41) is 3.01. The van der Waals surface area contributed by atoms with E-state index in [1.54, 1.807) is 17.4 Å². The molecular formula is C10H12N2O2S2. The van der Waals surface area contributed by atoms with Crippen LogP contribution in [0, 0.1) is 0 Å². The van der Waals surface area contributed by atoms with Crippen molar-refractivity contribution in [3.63, 3.8) is 0 Å². The van der Waals surface area contributed by atoms with Gasteiger partial charge >= 0.3 is 0 Å². The molecule has 0 fully saturated rings. The average molecular weight is 256 g/mol. The van der Waals surface area contributed by atoms with E-state index in [0.717, 1.165) is 10.1 Å². The van der Waals surface area contributed by atoms with Crippen LogP contribution in [0.2, 0.25) is 0 Å². The van der Waals surface area contributed by atoms with Crippen LogP contribution in [0.4, 0.5) is 5.69 Å². The molecule has 0 unspecified atom stereocenters. The smallest absolute Gasteiger partial charge is 0.233 e. The maximum Gasteiger partial charge on any atom is 0.233 e. The molecule has 0 saturated heterocycles. The molecule has 0 aliphatic carbocycles. The van der Waals surface area contributed by atoms with Gasteiger partial charge in [0.15, 0.2) is 0 Å². The van der Waals surface area contributed by atoms with E-state index in [4.69, 9.17) is 5.73 Å². The highest BCUT2D eigenvalue weighted by molar-refractivity contribution is 7.92. The number of fused-ring (bicyclic) bond motifs is 1. The molecule has 16 heavy (non-hydrogen) atoms. The van der Waals surface area contributed by atoms with Crippen molar-refractivity contribution in [2.45, 2.75) is 0 Å². The van der Waals surface area contributed by atoms with Crippen molar-refractivity contribution in [3.05, 3.63) is 29.6 Å². The Morgan fingerprint density at radius 2 is 2.12 bits per heavy atom. The molecule has 0 amide bonds. The molecule has 3 N–H and O–H groups in total. The third-order valence-electron chi connectivity index (χ3n) is 2.11. The standard InChI is InChI=1S/C10H12N2O2S2/c11-4-6-16(13,14)12-9-1-2-10-8(7-9)3-5-15-10/h1-3,5,7,12H,4,6,11H2. The maximum atomic E-state index is 11.5. The molecule has 1 aromatic carbocycles. The summed E-state index contributed by atoms with van der Waals surface area (Å²) in [6.45, 7) is 0.121. The zero-order valence-electron chi connectivity index (χ0n) is 8.51. The van der Waals surface area contributed by atoms with Crippen molar-refractivity contribution >= 4 is 37.1 Å². The van der Waals surface area contributed by atoms with Crippen LogP contribution < -0.4 is 10.5 Å². The summed E-state index contributed by atoms with van der Waals surface area (Å²) in [7, 11) is -3.31. The molecule has 4 nitrogen and oxygen atoms in total. The van der Waals surface area contributed by atoms with Gasteiger partial charge in [0.25, 0.3) is 0 Å². The normalized spacial score (nSPS) is 11.8. The Labute approximate surface area is 98.1 Å². The molecule has 0 spiro atoms. The number of nitrogens with one attached hydrogen (secondary N) is 1. The zero-order valence-corrected chi connectivity index (χ0v) is 10.1. The van der Waals surface area contributed by atoms with Crippen molar-refractivity contribution in [1.29, 1.82) is 0 Å². The highest BCUT2D eigenvalue weighted by Crippen LogP contribution is 2.24. The second-order valence-electron chi connectivity index (χ2n) is 3.38. The second-order valence-corrected chi connectivity index (χ2v) is 6.17. The van der Waals surface area contributed by atoms with E-state index in [0.29, 0.717) is 5.69 Å². The topological polar surface area (TPSA) is 72.2 Å². The zero-order chi connectivity index (χ0) is 11.6. The number of hydrogen-bond donors (Lipinski definition) is 2. The molecule has 0 atom stereocenters. The molecule has 0 saturated carbocycles. The van der Waals surface area contributed by atoms with Crippen molar-refractivity contribution in [2.75, 3.05) is 17.0 Å². The van der Waals surface area contributed by atoms with Gasteiger partial charge in [0.1, 0.15) is 0 Å². The summed E-state index contributed by atoms with van der Waals surface area (Å²) in [5.41, 5.74) is 5.81. The van der Waals surface area contributed by atoms with Gasteiger partial charge in [-0.3, -0.25) is 4.72 Å². The van der Waals surface area contributed by atoms with Gasteiger partial charge in [-0.25, -0.2) is 8.42 Å². The SMILES string of the molecule is NCCS(=O)(=O)Nc1ccc2sccc2c1. The average Bonchev–Trinajstić information content (AvgIpc) is 2.63. The van der Waals surface area contributed by atoms with Gasteiger partial charge < -0.3 is 5.73 Å². The lowest BCUT2D eigenvalue weighted by Crippen LogP contribution is -2.22. The predicted octanol–water partition coefficient (Wildman–Crippen LogP) is 1.60. The van der Waals surface area contributed by atoms with Crippen molar-refractivity contribution < 1.29 is 8.42 Å². The van der Waals surface area contributed by atoms with E-state index in [9.17, 15) is 8.42 Å². The molecule has 86 valence electrons. The number of benzene rings is 1. The van der Waals surface area contributed by atoms with Gasteiger partial charge in [0.2, 0.25) is 10.0 Å². The lowest BCUT2D eigenvalue weighted by atomic mass is 10.2. The van der Waals surface area contributed by atoms with Gasteiger partial charge in [0, 0.05) is 16.9 Å². The molecule has 6 heteroatoms. The minimum absolute atomic E-state index is 0.0608. The molecule has 0 bridgehead atoms. The second kappa shape index (κ2) is 4.40. The Morgan fingerprint density at radius 3 is 2.88 bits per heavy atom. The lowest BCUT2D eigenvalue weighted by Gasteiger charge is -2.06. The number of nitrogens with two attached hydrogens (primary N) is 1. The predicted molar refractivity (Wildman–Crippen MR) is 68.3 cm³/mol. The Morgan fingerprint density at radius 1 is 1.31 bits per heavy atom. The van der Waals surface area contributed by atoms with Gasteiger partial charge in [-0.2, -0.15) is 0 Å². The number of thiophene rings is 1. The van der Waals surface area contributed by atoms with Crippen LogP contribution in [0.3, 0.4) is 0 Å². The number of rotatable bonds is 4. The summed E-state index contributed by atoms with van der Waals surface area (Å²) in [5.74, 6) is -0.0608. The number of hydrogen-bond acceptors (Lipinski definition) is 4. The fourth-order valence-corrected chi connectivity index (χ4v) is 3.09. The van der Waals surface area contributed by atoms with Gasteiger partial charge in [-0.05, 0) is 35.0 Å². The summed E-state index contributed by atoms with van der Waals surface area (Å²) >= 11 is 1.63. The molecule has 1 heterocycles. The molecule has 1 aromatic heterocycles. The van der Waals surface area contributed by atoms with Crippen LogP contribution in [0.25, 0.3) is 10.1 Å². The fourth-order valence-electron chi connectivity index (χ4n) is 1.42. The van der Waals surface area contributed by atoms with Crippen molar-refractivity contribution in [3.8, 4) is 0 Å². The largest absolute Gasteiger partial charge is 0.329 e. The Hall–Kier alpha value is -1.11. The summed E-state index contributed by atoms with van der Waals surface area (Å²) < 4.78 is 26.6. The highest BCUT2D eigenvalue weighted by atomic mass is 32.2. The Bertz CT molecular complexity index is 590. The first kappa shape index (κ1) is 11.4. The molecule has 0 aliphatic rings. The van der Waals surface area contributed by atoms with E-state index in [-0.39, 0.29) is 12.3 Å². The highest BCUT2D eigenvalue weighted by Gasteiger charge is 2.09.